The Hall–Kier alpha value is -3.03. The lowest BCUT2D eigenvalue weighted by molar-refractivity contribution is 0.0981. The van der Waals surface area contributed by atoms with Crippen molar-refractivity contribution >= 4 is 5.91 Å². The van der Waals surface area contributed by atoms with Gasteiger partial charge in [0.25, 0.3) is 5.91 Å². The van der Waals surface area contributed by atoms with Crippen LogP contribution >= 0.6 is 0 Å². The van der Waals surface area contributed by atoms with Gasteiger partial charge < -0.3 is 15.4 Å². The highest BCUT2D eigenvalue weighted by Crippen LogP contribution is 2.31. The summed E-state index contributed by atoms with van der Waals surface area (Å²) in [5.41, 5.74) is 10.4. The number of amides is 1. The average Bonchev–Trinajstić information content (AvgIpc) is 3.17. The van der Waals surface area contributed by atoms with Crippen molar-refractivity contribution in [3.05, 3.63) is 88.3 Å². The maximum absolute atomic E-state index is 13.4. The number of halogens is 1. The highest BCUT2D eigenvalue weighted by Gasteiger charge is 2.29. The number of aliphatic hydroxyl groups excluding tert-OH is 1. The lowest BCUT2D eigenvalue weighted by Crippen LogP contribution is -2.38. The van der Waals surface area contributed by atoms with Crippen LogP contribution in [-0.2, 0) is 32.4 Å². The summed E-state index contributed by atoms with van der Waals surface area (Å²) in [6.45, 7) is 2.87. The van der Waals surface area contributed by atoms with Crippen LogP contribution in [0.5, 0.6) is 0 Å². The van der Waals surface area contributed by atoms with E-state index in [1.807, 2.05) is 22.8 Å². The number of β-amino-alcohol motifs (C(OH)–C–C–N with tert-alkyl or cyclic N) is 1. The van der Waals surface area contributed by atoms with Crippen molar-refractivity contribution in [1.29, 1.82) is 0 Å². The van der Waals surface area contributed by atoms with E-state index < -0.39 is 12.0 Å². The summed E-state index contributed by atoms with van der Waals surface area (Å²) < 4.78 is 15.4. The zero-order valence-electron chi connectivity index (χ0n) is 18.6. The molecular formula is C26H29FN4O2. The molecule has 1 amide bonds. The lowest BCUT2D eigenvalue weighted by Gasteiger charge is -2.31. The van der Waals surface area contributed by atoms with Crippen molar-refractivity contribution in [2.24, 2.45) is 5.73 Å². The number of nitrogens with two attached hydrogens (primary N) is 1. The van der Waals surface area contributed by atoms with Crippen molar-refractivity contribution in [3.8, 4) is 0 Å². The normalized spacial score (nSPS) is 19.0. The Kier molecular flexibility index (Phi) is 6.00. The number of nitrogens with zero attached hydrogens (tertiary/aromatic N) is 3. The van der Waals surface area contributed by atoms with Crippen LogP contribution in [0.15, 0.2) is 48.5 Å². The quantitative estimate of drug-likeness (QED) is 0.607. The monoisotopic (exact) mass is 448 g/mol. The smallest absolute Gasteiger partial charge is 0.269 e. The molecule has 0 saturated carbocycles. The Balaban J connectivity index is 1.33. The number of aryl methyl sites for hydroxylation is 1. The van der Waals surface area contributed by atoms with E-state index in [1.54, 1.807) is 0 Å². The van der Waals surface area contributed by atoms with Gasteiger partial charge in [0.1, 0.15) is 17.3 Å². The van der Waals surface area contributed by atoms with Crippen LogP contribution in [0.4, 0.5) is 4.39 Å². The van der Waals surface area contributed by atoms with E-state index in [0.717, 1.165) is 37.3 Å². The fourth-order valence-corrected chi connectivity index (χ4v) is 5.27. The molecule has 1 unspecified atom stereocenters. The first kappa shape index (κ1) is 21.8. The summed E-state index contributed by atoms with van der Waals surface area (Å²) >= 11 is 0. The molecule has 0 saturated heterocycles. The van der Waals surface area contributed by atoms with Crippen molar-refractivity contribution in [2.45, 2.75) is 50.8 Å². The van der Waals surface area contributed by atoms with Gasteiger partial charge in [0.15, 0.2) is 0 Å². The molecular weight excluding hydrogens is 419 g/mol. The summed E-state index contributed by atoms with van der Waals surface area (Å²) in [7, 11) is 0. The van der Waals surface area contributed by atoms with Gasteiger partial charge in [-0.2, -0.15) is 0 Å². The number of hydrogen-bond acceptors (Lipinski definition) is 4. The first-order valence-corrected chi connectivity index (χ1v) is 11.6. The molecule has 3 aromatic rings. The van der Waals surface area contributed by atoms with Crippen LogP contribution in [0.25, 0.3) is 0 Å². The molecule has 2 aliphatic heterocycles. The standard InChI is InChI=1S/C26H29FN4O2/c27-21-8-5-18(6-9-21)20-7-10-24-29-25(26(28)33)23(31(24)15-20)13-22(32)16-30-12-11-17-3-1-2-4-19(17)14-30/h1-6,8-9,20,22,32H,7,10-16H2,(H2,28,33)/t20?,22-/m0/s1. The fourth-order valence-electron chi connectivity index (χ4n) is 5.27. The van der Waals surface area contributed by atoms with Crippen LogP contribution in [0, 0.1) is 5.82 Å². The average molecular weight is 449 g/mol. The maximum atomic E-state index is 13.4. The molecule has 2 atom stereocenters. The zero-order chi connectivity index (χ0) is 22.9. The van der Waals surface area contributed by atoms with E-state index in [4.69, 9.17) is 5.73 Å². The third-order valence-corrected chi connectivity index (χ3v) is 6.95. The molecule has 6 nitrogen and oxygen atoms in total. The fraction of sp³-hybridized carbons (Fsp3) is 0.385. The number of aliphatic hydroxyl groups is 1. The van der Waals surface area contributed by atoms with Gasteiger partial charge in [0.2, 0.25) is 0 Å². The highest BCUT2D eigenvalue weighted by atomic mass is 19.1. The number of fused-ring (bicyclic) bond motifs is 2. The number of rotatable bonds is 6. The molecule has 7 heteroatoms. The molecule has 2 aliphatic rings. The minimum atomic E-state index is -0.639. The molecule has 0 spiro atoms. The molecule has 3 N–H and O–H groups in total. The molecule has 172 valence electrons. The number of primary amides is 1. The molecule has 0 aliphatic carbocycles. The zero-order valence-corrected chi connectivity index (χ0v) is 18.6. The number of aromatic nitrogens is 2. The van der Waals surface area contributed by atoms with Gasteiger partial charge in [0, 0.05) is 44.9 Å². The molecule has 0 bridgehead atoms. The summed E-state index contributed by atoms with van der Waals surface area (Å²) in [4.78, 5) is 18.9. The molecule has 3 heterocycles. The summed E-state index contributed by atoms with van der Waals surface area (Å²) in [5, 5.41) is 11.0. The number of benzene rings is 2. The number of carbonyl (C=O) groups is 1. The van der Waals surface area contributed by atoms with Gasteiger partial charge >= 0.3 is 0 Å². The number of hydrogen-bond donors (Lipinski definition) is 2. The van der Waals surface area contributed by atoms with Gasteiger partial charge in [-0.25, -0.2) is 9.37 Å². The Bertz CT molecular complexity index is 1160. The van der Waals surface area contributed by atoms with E-state index in [9.17, 15) is 14.3 Å². The van der Waals surface area contributed by atoms with Crippen molar-refractivity contribution in [3.63, 3.8) is 0 Å². The highest BCUT2D eigenvalue weighted by molar-refractivity contribution is 5.92. The SMILES string of the molecule is NC(=O)c1nc2n(c1C[C@H](O)CN1CCc3ccccc3C1)CC(c1ccc(F)cc1)CC2. The predicted molar refractivity (Wildman–Crippen MR) is 123 cm³/mol. The third kappa shape index (κ3) is 4.56. The summed E-state index contributed by atoms with van der Waals surface area (Å²) in [6, 6.07) is 15.0. The predicted octanol–water partition coefficient (Wildman–Crippen LogP) is 2.81. The maximum Gasteiger partial charge on any atom is 0.269 e. The second-order valence-electron chi connectivity index (χ2n) is 9.20. The summed E-state index contributed by atoms with van der Waals surface area (Å²) in [5.74, 6) is 0.209. The van der Waals surface area contributed by atoms with Crippen LogP contribution in [-0.4, -0.2) is 44.7 Å². The molecule has 1 aromatic heterocycles. The van der Waals surface area contributed by atoms with Crippen LogP contribution in [0.1, 0.15) is 51.0 Å². The molecule has 5 rings (SSSR count). The molecule has 0 radical (unpaired) electrons. The number of carbonyl (C=O) groups excluding carboxylic acids is 1. The second kappa shape index (κ2) is 9.08. The summed E-state index contributed by atoms with van der Waals surface area (Å²) in [6.07, 6.45) is 2.23. The Labute approximate surface area is 192 Å². The lowest BCUT2D eigenvalue weighted by atomic mass is 9.91. The van der Waals surface area contributed by atoms with Gasteiger partial charge in [-0.3, -0.25) is 9.69 Å². The molecule has 33 heavy (non-hydrogen) atoms. The van der Waals surface area contributed by atoms with E-state index in [2.05, 4.69) is 28.1 Å². The van der Waals surface area contributed by atoms with E-state index >= 15 is 0 Å². The Morgan fingerprint density at radius 2 is 1.91 bits per heavy atom. The van der Waals surface area contributed by atoms with Gasteiger partial charge in [-0.05, 0) is 41.7 Å². The van der Waals surface area contributed by atoms with Crippen molar-refractivity contribution < 1.29 is 14.3 Å². The van der Waals surface area contributed by atoms with E-state index in [0.29, 0.717) is 31.6 Å². The Morgan fingerprint density at radius 3 is 2.67 bits per heavy atom. The van der Waals surface area contributed by atoms with Gasteiger partial charge in [0.05, 0.1) is 11.8 Å². The van der Waals surface area contributed by atoms with Gasteiger partial charge in [-0.15, -0.1) is 0 Å². The first-order valence-electron chi connectivity index (χ1n) is 11.6. The molecule has 2 aromatic carbocycles. The van der Waals surface area contributed by atoms with Gasteiger partial charge in [-0.1, -0.05) is 36.4 Å². The minimum Gasteiger partial charge on any atom is -0.391 e. The number of imidazole rings is 1. The van der Waals surface area contributed by atoms with Crippen molar-refractivity contribution in [2.75, 3.05) is 13.1 Å². The molecule has 0 fully saturated rings. The van der Waals surface area contributed by atoms with Crippen molar-refractivity contribution in [1.82, 2.24) is 14.5 Å². The van der Waals surface area contributed by atoms with E-state index in [1.165, 1.54) is 23.3 Å². The van der Waals surface area contributed by atoms with Crippen LogP contribution < -0.4 is 5.73 Å². The Morgan fingerprint density at radius 1 is 1.15 bits per heavy atom. The van der Waals surface area contributed by atoms with E-state index in [-0.39, 0.29) is 17.4 Å². The minimum absolute atomic E-state index is 0.197. The third-order valence-electron chi connectivity index (χ3n) is 6.95. The van der Waals surface area contributed by atoms with Crippen LogP contribution in [0.2, 0.25) is 0 Å². The topological polar surface area (TPSA) is 84.4 Å². The largest absolute Gasteiger partial charge is 0.391 e. The second-order valence-corrected chi connectivity index (χ2v) is 9.20. The van der Waals surface area contributed by atoms with Crippen LogP contribution in [0.3, 0.4) is 0 Å². The first-order chi connectivity index (χ1) is 16.0.